The number of rotatable bonds is 5. The Morgan fingerprint density at radius 2 is 2.14 bits per heavy atom. The molecule has 0 unspecified atom stereocenters. The van der Waals surface area contributed by atoms with Gasteiger partial charge in [0.05, 0.1) is 6.26 Å². The van der Waals surface area contributed by atoms with Crippen molar-refractivity contribution in [2.24, 2.45) is 0 Å². The fourth-order valence-electron chi connectivity index (χ4n) is 2.70. The van der Waals surface area contributed by atoms with E-state index in [9.17, 15) is 17.6 Å². The molecular formula is C15H21FN2O3S. The maximum Gasteiger partial charge on any atom is 0.222 e. The van der Waals surface area contributed by atoms with Crippen LogP contribution in [-0.2, 0) is 21.2 Å². The van der Waals surface area contributed by atoms with Gasteiger partial charge in [0.2, 0.25) is 15.9 Å². The van der Waals surface area contributed by atoms with Crippen LogP contribution in [0.1, 0.15) is 24.8 Å². The second-order valence-electron chi connectivity index (χ2n) is 5.66. The highest BCUT2D eigenvalue weighted by Crippen LogP contribution is 2.14. The summed E-state index contributed by atoms with van der Waals surface area (Å²) in [7, 11) is -3.27. The van der Waals surface area contributed by atoms with Crippen LogP contribution in [-0.4, -0.2) is 44.6 Å². The number of amides is 1. The number of hydrogen-bond donors (Lipinski definition) is 1. The molecule has 1 aromatic carbocycles. The molecule has 7 heteroatoms. The van der Waals surface area contributed by atoms with Crippen molar-refractivity contribution < 1.29 is 17.6 Å². The van der Waals surface area contributed by atoms with Crippen molar-refractivity contribution in [2.45, 2.75) is 31.7 Å². The Morgan fingerprint density at radius 1 is 1.41 bits per heavy atom. The van der Waals surface area contributed by atoms with Gasteiger partial charge in [-0.3, -0.25) is 4.79 Å². The van der Waals surface area contributed by atoms with Crippen LogP contribution in [0.5, 0.6) is 0 Å². The minimum atomic E-state index is -3.27. The van der Waals surface area contributed by atoms with Crippen molar-refractivity contribution in [1.82, 2.24) is 9.62 Å². The van der Waals surface area contributed by atoms with Gasteiger partial charge in [-0.25, -0.2) is 17.5 Å². The quantitative estimate of drug-likeness (QED) is 0.886. The minimum Gasteiger partial charge on any atom is -0.341 e. The third kappa shape index (κ3) is 5.06. The first-order valence-electron chi connectivity index (χ1n) is 7.33. The molecule has 2 rings (SSSR count). The third-order valence-corrected chi connectivity index (χ3v) is 4.48. The molecule has 0 aromatic heterocycles. The van der Waals surface area contributed by atoms with Crippen LogP contribution in [0, 0.1) is 5.82 Å². The summed E-state index contributed by atoms with van der Waals surface area (Å²) in [5.74, 6) is -0.367. The van der Waals surface area contributed by atoms with Crippen molar-refractivity contribution in [3.05, 3.63) is 35.6 Å². The largest absolute Gasteiger partial charge is 0.341 e. The Balaban J connectivity index is 1.88. The van der Waals surface area contributed by atoms with Crippen molar-refractivity contribution in [2.75, 3.05) is 19.3 Å². The molecule has 1 heterocycles. The fourth-order valence-corrected chi connectivity index (χ4v) is 3.50. The monoisotopic (exact) mass is 328 g/mol. The molecule has 1 aromatic rings. The Hall–Kier alpha value is -1.47. The summed E-state index contributed by atoms with van der Waals surface area (Å²) < 4.78 is 38.6. The van der Waals surface area contributed by atoms with Gasteiger partial charge < -0.3 is 4.90 Å². The minimum absolute atomic E-state index is 0.0664. The molecule has 1 amide bonds. The number of hydrogen-bond acceptors (Lipinski definition) is 3. The number of carbonyl (C=O) groups excluding carboxylic acids is 1. The summed E-state index contributed by atoms with van der Waals surface area (Å²) in [5, 5.41) is 0. The van der Waals surface area contributed by atoms with E-state index in [0.29, 0.717) is 25.1 Å². The molecule has 22 heavy (non-hydrogen) atoms. The lowest BCUT2D eigenvalue weighted by Gasteiger charge is -2.32. The van der Waals surface area contributed by atoms with Crippen LogP contribution in [0.25, 0.3) is 0 Å². The lowest BCUT2D eigenvalue weighted by atomic mass is 10.0. The molecule has 1 saturated heterocycles. The number of nitrogens with zero attached hydrogens (tertiary/aromatic N) is 1. The second-order valence-corrected chi connectivity index (χ2v) is 7.44. The molecule has 1 atom stereocenters. The number of aryl methyl sites for hydroxylation is 1. The summed E-state index contributed by atoms with van der Waals surface area (Å²) in [6, 6.07) is 6.18. The Bertz CT molecular complexity index is 633. The van der Waals surface area contributed by atoms with Crippen molar-refractivity contribution in [1.29, 1.82) is 0 Å². The SMILES string of the molecule is CS(=O)(=O)N[C@H]1CCCN(C(=O)CCc2ccccc2F)C1. The van der Waals surface area contributed by atoms with E-state index in [1.807, 2.05) is 0 Å². The van der Waals surface area contributed by atoms with E-state index in [-0.39, 0.29) is 24.2 Å². The van der Waals surface area contributed by atoms with E-state index in [0.717, 1.165) is 19.1 Å². The maximum atomic E-state index is 13.5. The zero-order chi connectivity index (χ0) is 16.2. The zero-order valence-electron chi connectivity index (χ0n) is 12.6. The number of halogens is 1. The smallest absolute Gasteiger partial charge is 0.222 e. The molecule has 0 bridgehead atoms. The zero-order valence-corrected chi connectivity index (χ0v) is 13.4. The first-order chi connectivity index (χ1) is 10.3. The number of sulfonamides is 1. The van der Waals surface area contributed by atoms with Gasteiger partial charge in [0.1, 0.15) is 5.82 Å². The summed E-state index contributed by atoms with van der Waals surface area (Å²) in [4.78, 5) is 13.9. The normalized spacial score (nSPS) is 19.2. The lowest BCUT2D eigenvalue weighted by molar-refractivity contribution is -0.132. The highest BCUT2D eigenvalue weighted by atomic mass is 32.2. The van der Waals surface area contributed by atoms with E-state index in [1.54, 1.807) is 23.1 Å². The highest BCUT2D eigenvalue weighted by Gasteiger charge is 2.25. The van der Waals surface area contributed by atoms with Gasteiger partial charge in [-0.1, -0.05) is 18.2 Å². The van der Waals surface area contributed by atoms with Crippen molar-refractivity contribution in [3.63, 3.8) is 0 Å². The first kappa shape index (κ1) is 16.9. The molecule has 5 nitrogen and oxygen atoms in total. The lowest BCUT2D eigenvalue weighted by Crippen LogP contribution is -2.49. The summed E-state index contributed by atoms with van der Waals surface area (Å²) >= 11 is 0. The number of piperidine rings is 1. The van der Waals surface area contributed by atoms with Crippen LogP contribution in [0.4, 0.5) is 4.39 Å². The molecule has 1 aliphatic rings. The predicted molar refractivity (Wildman–Crippen MR) is 82.3 cm³/mol. The van der Waals surface area contributed by atoms with Crippen LogP contribution >= 0.6 is 0 Å². The molecule has 0 radical (unpaired) electrons. The molecular weight excluding hydrogens is 307 g/mol. The van der Waals surface area contributed by atoms with E-state index >= 15 is 0 Å². The number of carbonyl (C=O) groups is 1. The Morgan fingerprint density at radius 3 is 2.82 bits per heavy atom. The molecule has 122 valence electrons. The molecule has 0 aliphatic carbocycles. The van der Waals surface area contributed by atoms with Gasteiger partial charge in [-0.2, -0.15) is 0 Å². The molecule has 1 fully saturated rings. The number of benzene rings is 1. The maximum absolute atomic E-state index is 13.5. The van der Waals surface area contributed by atoms with E-state index in [2.05, 4.69) is 4.72 Å². The van der Waals surface area contributed by atoms with Crippen molar-refractivity contribution in [3.8, 4) is 0 Å². The highest BCUT2D eigenvalue weighted by molar-refractivity contribution is 7.88. The summed E-state index contributed by atoms with van der Waals surface area (Å²) in [6.45, 7) is 1.00. The van der Waals surface area contributed by atoms with E-state index < -0.39 is 10.0 Å². The van der Waals surface area contributed by atoms with Gasteiger partial charge in [0.15, 0.2) is 0 Å². The second kappa shape index (κ2) is 7.19. The molecule has 0 saturated carbocycles. The van der Waals surface area contributed by atoms with Crippen LogP contribution in [0.15, 0.2) is 24.3 Å². The number of nitrogens with one attached hydrogen (secondary N) is 1. The van der Waals surface area contributed by atoms with Gasteiger partial charge in [-0.05, 0) is 30.9 Å². The van der Waals surface area contributed by atoms with Crippen LogP contribution in [0.2, 0.25) is 0 Å². The molecule has 1 N–H and O–H groups in total. The number of likely N-dealkylation sites (tertiary alicyclic amines) is 1. The molecule has 1 aliphatic heterocycles. The fraction of sp³-hybridized carbons (Fsp3) is 0.533. The Labute approximate surface area is 130 Å². The van der Waals surface area contributed by atoms with E-state index in [1.165, 1.54) is 6.07 Å². The van der Waals surface area contributed by atoms with Crippen LogP contribution in [0.3, 0.4) is 0 Å². The summed E-state index contributed by atoms with van der Waals surface area (Å²) in [6.07, 6.45) is 3.19. The van der Waals surface area contributed by atoms with E-state index in [4.69, 9.17) is 0 Å². The summed E-state index contributed by atoms with van der Waals surface area (Å²) in [5.41, 5.74) is 0.527. The van der Waals surface area contributed by atoms with Crippen LogP contribution < -0.4 is 4.72 Å². The average Bonchev–Trinajstić information content (AvgIpc) is 2.44. The Kier molecular flexibility index (Phi) is 5.52. The van der Waals surface area contributed by atoms with Crippen molar-refractivity contribution >= 4 is 15.9 Å². The van der Waals surface area contributed by atoms with Gasteiger partial charge in [0.25, 0.3) is 0 Å². The third-order valence-electron chi connectivity index (χ3n) is 3.72. The molecule has 0 spiro atoms. The predicted octanol–water partition coefficient (Wildman–Crippen LogP) is 1.30. The standard InChI is InChI=1S/C15H21FN2O3S/c1-22(20,21)17-13-6-4-10-18(11-13)15(19)9-8-12-5-2-3-7-14(12)16/h2-3,5,7,13,17H,4,6,8-11H2,1H3/t13-/m0/s1. The van der Waals surface area contributed by atoms with Gasteiger partial charge >= 0.3 is 0 Å². The van der Waals surface area contributed by atoms with Gasteiger partial charge in [0, 0.05) is 25.6 Å². The average molecular weight is 328 g/mol. The topological polar surface area (TPSA) is 66.5 Å². The first-order valence-corrected chi connectivity index (χ1v) is 9.23. The van der Waals surface area contributed by atoms with Gasteiger partial charge in [-0.15, -0.1) is 0 Å².